The molecule has 8 heteroatoms. The molecule has 5 rings (SSSR count). The van der Waals surface area contributed by atoms with E-state index in [0.29, 0.717) is 26.3 Å². The fraction of sp³-hybridized carbons (Fsp3) is 0.250. The summed E-state index contributed by atoms with van der Waals surface area (Å²) >= 11 is 0. The van der Waals surface area contributed by atoms with Gasteiger partial charge < -0.3 is 9.47 Å². The molecule has 1 aliphatic rings. The number of hydrogen-bond acceptors (Lipinski definition) is 8. The fourth-order valence-electron chi connectivity index (χ4n) is 4.54. The Morgan fingerprint density at radius 2 is 1.05 bits per heavy atom. The number of benzene rings is 2. The molecule has 0 N–H and O–H groups in total. The monoisotopic (exact) mass is 536 g/mol. The molecule has 8 nitrogen and oxygen atoms in total. The molecule has 0 saturated carbocycles. The van der Waals surface area contributed by atoms with Gasteiger partial charge in [0.15, 0.2) is 0 Å². The molecule has 0 amide bonds. The number of carbonyl (C=O) groups excluding carboxylic acids is 2. The van der Waals surface area contributed by atoms with E-state index in [4.69, 9.17) is 9.47 Å². The third-order valence-corrected chi connectivity index (χ3v) is 6.79. The Morgan fingerprint density at radius 3 is 1.50 bits per heavy atom. The van der Waals surface area contributed by atoms with Crippen LogP contribution in [0.3, 0.4) is 0 Å². The van der Waals surface area contributed by atoms with Crippen LogP contribution in [0.15, 0.2) is 84.9 Å². The van der Waals surface area contributed by atoms with E-state index in [-0.39, 0.29) is 11.9 Å². The van der Waals surface area contributed by atoms with Crippen molar-refractivity contribution in [3.8, 4) is 0 Å². The zero-order chi connectivity index (χ0) is 27.6. The molecule has 4 aromatic rings. The van der Waals surface area contributed by atoms with Gasteiger partial charge in [0.05, 0.1) is 22.4 Å². The lowest BCUT2D eigenvalue weighted by atomic mass is 10.2. The molecule has 2 aromatic carbocycles. The molecule has 0 atom stereocenters. The average Bonchev–Trinajstić information content (AvgIpc) is 2.99. The summed E-state index contributed by atoms with van der Waals surface area (Å²) in [4.78, 5) is 37.8. The van der Waals surface area contributed by atoms with Crippen molar-refractivity contribution in [1.29, 1.82) is 0 Å². The topological polar surface area (TPSA) is 84.9 Å². The standard InChI is InChI=1S/C32H32N4O4/c37-31(15-13-27-11-9-25-5-1-3-7-29(25)33-27)39-23-21-35-17-19-36(20-18-35)22-24-40-32(38)16-14-28-12-10-26-6-2-4-8-30(26)34-28/h1-16H,17-24H2/b15-13+,16-14+. The van der Waals surface area contributed by atoms with Gasteiger partial charge in [-0.2, -0.15) is 0 Å². The summed E-state index contributed by atoms with van der Waals surface area (Å²) < 4.78 is 10.7. The molecule has 40 heavy (non-hydrogen) atoms. The number of carbonyl (C=O) groups is 2. The van der Waals surface area contributed by atoms with Crippen LogP contribution >= 0.6 is 0 Å². The summed E-state index contributed by atoms with van der Waals surface area (Å²) in [6.45, 7) is 5.53. The quantitative estimate of drug-likeness (QED) is 0.220. The minimum Gasteiger partial charge on any atom is -0.461 e. The second-order valence-corrected chi connectivity index (χ2v) is 9.54. The minimum atomic E-state index is -0.374. The second kappa shape index (κ2) is 13.6. The van der Waals surface area contributed by atoms with Crippen LogP contribution < -0.4 is 0 Å². The Morgan fingerprint density at radius 1 is 0.625 bits per heavy atom. The van der Waals surface area contributed by atoms with Crippen LogP contribution in [0.5, 0.6) is 0 Å². The molecule has 0 spiro atoms. The molecule has 0 bridgehead atoms. The zero-order valence-corrected chi connectivity index (χ0v) is 22.3. The molecule has 0 radical (unpaired) electrons. The number of fused-ring (bicyclic) bond motifs is 2. The third kappa shape index (κ3) is 7.81. The van der Waals surface area contributed by atoms with Gasteiger partial charge in [-0.1, -0.05) is 48.5 Å². The van der Waals surface area contributed by atoms with Gasteiger partial charge in [-0.05, 0) is 36.4 Å². The summed E-state index contributed by atoms with van der Waals surface area (Å²) in [6, 6.07) is 23.5. The van der Waals surface area contributed by atoms with Gasteiger partial charge in [-0.3, -0.25) is 9.80 Å². The van der Waals surface area contributed by atoms with Crippen LogP contribution in [0.25, 0.3) is 34.0 Å². The van der Waals surface area contributed by atoms with Crippen molar-refractivity contribution in [3.05, 3.63) is 96.3 Å². The van der Waals surface area contributed by atoms with Gasteiger partial charge >= 0.3 is 11.9 Å². The van der Waals surface area contributed by atoms with E-state index in [9.17, 15) is 9.59 Å². The summed E-state index contributed by atoms with van der Waals surface area (Å²) in [6.07, 6.45) is 6.20. The molecule has 3 heterocycles. The minimum absolute atomic E-state index is 0.338. The van der Waals surface area contributed by atoms with Crippen molar-refractivity contribution < 1.29 is 19.1 Å². The SMILES string of the molecule is O=C(/C=C/c1ccc2ccccc2n1)OCCN1CCN(CCOC(=O)/C=C/c2ccc3ccccc3n2)CC1. The Bertz CT molecular complexity index is 1410. The van der Waals surface area contributed by atoms with Crippen molar-refractivity contribution in [2.75, 3.05) is 52.5 Å². The number of esters is 2. The number of hydrogen-bond donors (Lipinski definition) is 0. The van der Waals surface area contributed by atoms with E-state index in [1.165, 1.54) is 12.2 Å². The lowest BCUT2D eigenvalue weighted by Crippen LogP contribution is -2.48. The highest BCUT2D eigenvalue weighted by Gasteiger charge is 2.17. The number of pyridine rings is 2. The van der Waals surface area contributed by atoms with Crippen LogP contribution in [0, 0.1) is 0 Å². The second-order valence-electron chi connectivity index (χ2n) is 9.54. The summed E-state index contributed by atoms with van der Waals surface area (Å²) in [5.41, 5.74) is 3.22. The largest absolute Gasteiger partial charge is 0.461 e. The van der Waals surface area contributed by atoms with Crippen LogP contribution in [-0.4, -0.2) is 84.2 Å². The number of nitrogens with zero attached hydrogens (tertiary/aromatic N) is 4. The highest BCUT2D eigenvalue weighted by molar-refractivity contribution is 5.88. The zero-order valence-electron chi connectivity index (χ0n) is 22.3. The first kappa shape index (κ1) is 27.2. The molecule has 1 aliphatic heterocycles. The van der Waals surface area contributed by atoms with E-state index in [1.807, 2.05) is 72.8 Å². The highest BCUT2D eigenvalue weighted by Crippen LogP contribution is 2.13. The van der Waals surface area contributed by atoms with Crippen LogP contribution in [0.2, 0.25) is 0 Å². The normalized spacial score (nSPS) is 14.8. The first-order valence-electron chi connectivity index (χ1n) is 13.5. The van der Waals surface area contributed by atoms with E-state index in [1.54, 1.807) is 12.2 Å². The summed E-state index contributed by atoms with van der Waals surface area (Å²) in [5, 5.41) is 2.12. The maximum Gasteiger partial charge on any atom is 0.330 e. The molecule has 0 unspecified atom stereocenters. The Hall–Kier alpha value is -4.40. The molecule has 1 fully saturated rings. The van der Waals surface area contributed by atoms with Crippen molar-refractivity contribution in [3.63, 3.8) is 0 Å². The molecule has 0 aliphatic carbocycles. The smallest absolute Gasteiger partial charge is 0.330 e. The average molecular weight is 537 g/mol. The Kier molecular flexibility index (Phi) is 9.24. The molecule has 1 saturated heterocycles. The van der Waals surface area contributed by atoms with Crippen molar-refractivity contribution in [2.24, 2.45) is 0 Å². The van der Waals surface area contributed by atoms with Crippen LogP contribution in [0.1, 0.15) is 11.4 Å². The molecule has 204 valence electrons. The first-order valence-corrected chi connectivity index (χ1v) is 13.5. The Balaban J connectivity index is 0.947. The van der Waals surface area contributed by atoms with E-state index in [0.717, 1.165) is 59.4 Å². The van der Waals surface area contributed by atoms with Gasteiger partial charge in [0.25, 0.3) is 0 Å². The van der Waals surface area contributed by atoms with Crippen LogP contribution in [0.4, 0.5) is 0 Å². The fourth-order valence-corrected chi connectivity index (χ4v) is 4.54. The van der Waals surface area contributed by atoms with Gasteiger partial charge in [0.2, 0.25) is 0 Å². The van der Waals surface area contributed by atoms with E-state index >= 15 is 0 Å². The first-order chi connectivity index (χ1) is 19.6. The lowest BCUT2D eigenvalue weighted by Gasteiger charge is -2.34. The van der Waals surface area contributed by atoms with Crippen LogP contribution in [-0.2, 0) is 19.1 Å². The van der Waals surface area contributed by atoms with E-state index in [2.05, 4.69) is 19.8 Å². The van der Waals surface area contributed by atoms with Gasteiger partial charge in [-0.15, -0.1) is 0 Å². The number of aromatic nitrogens is 2. The van der Waals surface area contributed by atoms with Crippen molar-refractivity contribution in [2.45, 2.75) is 0 Å². The number of para-hydroxylation sites is 2. The maximum atomic E-state index is 12.1. The molecular weight excluding hydrogens is 504 g/mol. The Labute approximate surface area is 233 Å². The van der Waals surface area contributed by atoms with Gasteiger partial charge in [0.1, 0.15) is 13.2 Å². The predicted octanol–water partition coefficient (Wildman–Crippen LogP) is 4.21. The number of rotatable bonds is 10. The number of ether oxygens (including phenoxy) is 2. The van der Waals surface area contributed by atoms with Gasteiger partial charge in [-0.25, -0.2) is 19.6 Å². The summed E-state index contributed by atoms with van der Waals surface area (Å²) in [7, 11) is 0. The third-order valence-electron chi connectivity index (χ3n) is 6.79. The van der Waals surface area contributed by atoms with Crippen molar-refractivity contribution in [1.82, 2.24) is 19.8 Å². The molecular formula is C32H32N4O4. The molecule has 2 aromatic heterocycles. The maximum absolute atomic E-state index is 12.1. The summed E-state index contributed by atoms with van der Waals surface area (Å²) in [5.74, 6) is -0.748. The van der Waals surface area contributed by atoms with Gasteiger partial charge in [0, 0.05) is 62.2 Å². The predicted molar refractivity (Wildman–Crippen MR) is 156 cm³/mol. The lowest BCUT2D eigenvalue weighted by molar-refractivity contribution is -0.139. The highest BCUT2D eigenvalue weighted by atomic mass is 16.5. The van der Waals surface area contributed by atoms with Crippen molar-refractivity contribution >= 4 is 45.9 Å². The number of piperazine rings is 1. The van der Waals surface area contributed by atoms with E-state index < -0.39 is 0 Å².